The van der Waals surface area contributed by atoms with Gasteiger partial charge in [0.15, 0.2) is 12.2 Å². The number of nitrogens with zero attached hydrogens (tertiary/aromatic N) is 1. The van der Waals surface area contributed by atoms with E-state index in [2.05, 4.69) is 15.3 Å². The van der Waals surface area contributed by atoms with Gasteiger partial charge in [0.05, 0.1) is 12.5 Å². The monoisotopic (exact) mass is 509 g/mol. The molecule has 0 aliphatic carbocycles. The van der Waals surface area contributed by atoms with E-state index in [0.717, 1.165) is 6.07 Å². The van der Waals surface area contributed by atoms with E-state index in [-0.39, 0.29) is 18.7 Å². The largest absolute Gasteiger partial charge is 0.443 e. The molecule has 5 nitrogen and oxygen atoms in total. The van der Waals surface area contributed by atoms with Crippen molar-refractivity contribution < 1.29 is 22.4 Å². The minimum atomic E-state index is -0.773. The predicted octanol–water partition coefficient (Wildman–Crippen LogP) is 6.54. The lowest BCUT2D eigenvalue weighted by Gasteiger charge is -2.18. The van der Waals surface area contributed by atoms with Crippen LogP contribution in [0.4, 0.5) is 13.2 Å². The molecule has 0 fully saturated rings. The first-order valence-electron chi connectivity index (χ1n) is 11.0. The number of fused-ring (bicyclic) bond motifs is 1. The topological polar surface area (TPSA) is 70.9 Å². The van der Waals surface area contributed by atoms with Crippen LogP contribution in [0.25, 0.3) is 22.2 Å². The lowest BCUT2D eigenvalue weighted by molar-refractivity contribution is -0.121. The molecule has 0 radical (unpaired) electrons. The minimum absolute atomic E-state index is 0.0500. The van der Waals surface area contributed by atoms with Crippen molar-refractivity contribution in [2.45, 2.75) is 18.9 Å². The number of amides is 1. The molecule has 5 aromatic rings. The van der Waals surface area contributed by atoms with E-state index in [1.165, 1.54) is 30.7 Å². The smallest absolute Gasteiger partial charge is 0.225 e. The number of hydrogen-bond donors (Lipinski definition) is 2. The number of oxazole rings is 1. The Kier molecular flexibility index (Phi) is 6.52. The second-order valence-corrected chi connectivity index (χ2v) is 8.79. The van der Waals surface area contributed by atoms with E-state index >= 15 is 0 Å². The molecule has 1 unspecified atom stereocenters. The van der Waals surface area contributed by atoms with Crippen molar-refractivity contribution in [1.82, 2.24) is 15.3 Å². The van der Waals surface area contributed by atoms with Crippen molar-refractivity contribution in [2.75, 3.05) is 0 Å². The van der Waals surface area contributed by atoms with E-state index in [0.29, 0.717) is 44.1 Å². The molecule has 0 spiro atoms. The fraction of sp³-hybridized carbons (Fsp3) is 0.111. The molecule has 0 saturated carbocycles. The number of carbonyl (C=O) groups is 1. The molecule has 2 aromatic heterocycles. The van der Waals surface area contributed by atoms with Gasteiger partial charge in [0.1, 0.15) is 23.1 Å². The quantitative estimate of drug-likeness (QED) is 0.262. The number of carbonyl (C=O) groups excluding carboxylic acids is 1. The maximum absolute atomic E-state index is 13.9. The Bertz CT molecular complexity index is 1530. The summed E-state index contributed by atoms with van der Waals surface area (Å²) in [4.78, 5) is 20.4. The highest BCUT2D eigenvalue weighted by Gasteiger charge is 2.24. The van der Waals surface area contributed by atoms with E-state index in [4.69, 9.17) is 16.0 Å². The Morgan fingerprint density at radius 3 is 2.50 bits per heavy atom. The summed E-state index contributed by atoms with van der Waals surface area (Å²) >= 11 is 6.00. The molecular formula is C27H19ClF3N3O2. The SMILES string of the molecule is O=C(Cc1c[nH]c2ccc(F)cc12)NC(Cc1cc(F)cc(F)c1)c1ncoc1-c1ccc(Cl)cc1. The van der Waals surface area contributed by atoms with Crippen LogP contribution in [0.5, 0.6) is 0 Å². The zero-order chi connectivity index (χ0) is 25.2. The molecule has 0 saturated heterocycles. The molecular weight excluding hydrogens is 491 g/mol. The zero-order valence-corrected chi connectivity index (χ0v) is 19.5. The van der Waals surface area contributed by atoms with Crippen molar-refractivity contribution in [3.63, 3.8) is 0 Å². The van der Waals surface area contributed by atoms with E-state index in [1.807, 2.05) is 0 Å². The third-order valence-corrected chi connectivity index (χ3v) is 6.06. The van der Waals surface area contributed by atoms with Crippen LogP contribution >= 0.6 is 11.6 Å². The van der Waals surface area contributed by atoms with Gasteiger partial charge in [0.2, 0.25) is 5.91 Å². The number of rotatable bonds is 7. The lowest BCUT2D eigenvalue weighted by Crippen LogP contribution is -2.31. The summed E-state index contributed by atoms with van der Waals surface area (Å²) in [5.74, 6) is -1.86. The fourth-order valence-corrected chi connectivity index (χ4v) is 4.34. The highest BCUT2D eigenvalue weighted by Crippen LogP contribution is 2.31. The number of halogens is 4. The van der Waals surface area contributed by atoms with Crippen LogP contribution in [0, 0.1) is 17.5 Å². The van der Waals surface area contributed by atoms with Crippen LogP contribution in [0.3, 0.4) is 0 Å². The highest BCUT2D eigenvalue weighted by atomic mass is 35.5. The summed E-state index contributed by atoms with van der Waals surface area (Å²) in [6, 6.07) is 13.6. The molecule has 1 atom stereocenters. The van der Waals surface area contributed by atoms with Gasteiger partial charge in [-0.05, 0) is 72.1 Å². The maximum Gasteiger partial charge on any atom is 0.225 e. The summed E-state index contributed by atoms with van der Waals surface area (Å²) in [6.45, 7) is 0. The van der Waals surface area contributed by atoms with Gasteiger partial charge in [-0.2, -0.15) is 0 Å². The molecule has 5 rings (SSSR count). The third-order valence-electron chi connectivity index (χ3n) is 5.81. The van der Waals surface area contributed by atoms with Crippen molar-refractivity contribution in [3.8, 4) is 11.3 Å². The van der Waals surface area contributed by atoms with Crippen LogP contribution in [0.15, 0.2) is 77.7 Å². The van der Waals surface area contributed by atoms with Crippen LogP contribution in [0.2, 0.25) is 5.02 Å². The highest BCUT2D eigenvalue weighted by molar-refractivity contribution is 6.30. The molecule has 9 heteroatoms. The van der Waals surface area contributed by atoms with Crippen molar-refractivity contribution >= 4 is 28.4 Å². The second-order valence-electron chi connectivity index (χ2n) is 8.36. The molecule has 1 amide bonds. The van der Waals surface area contributed by atoms with Crippen LogP contribution in [-0.4, -0.2) is 15.9 Å². The van der Waals surface area contributed by atoms with Gasteiger partial charge < -0.3 is 14.7 Å². The molecule has 0 aliphatic heterocycles. The summed E-state index contributed by atoms with van der Waals surface area (Å²) in [5.41, 5.74) is 2.70. The Morgan fingerprint density at radius 1 is 1.00 bits per heavy atom. The third kappa shape index (κ3) is 5.13. The summed E-state index contributed by atoms with van der Waals surface area (Å²) < 4.78 is 47.2. The van der Waals surface area contributed by atoms with E-state index < -0.39 is 23.5 Å². The number of H-pyrrole nitrogens is 1. The van der Waals surface area contributed by atoms with Gasteiger partial charge in [0.25, 0.3) is 0 Å². The van der Waals surface area contributed by atoms with Gasteiger partial charge in [-0.15, -0.1) is 0 Å². The standard InChI is InChI=1S/C27H19ClF3N3O2/c28-18-3-1-16(2-4-18)27-26(33-14-36-27)24(9-15-7-20(30)11-21(31)8-15)34-25(35)10-17-13-32-23-6-5-19(29)12-22(17)23/h1-8,11-14,24,32H,9-10H2,(H,34,35). The Hall–Kier alpha value is -4.04. The average molecular weight is 510 g/mol. The molecule has 36 heavy (non-hydrogen) atoms. The Morgan fingerprint density at radius 2 is 1.75 bits per heavy atom. The van der Waals surface area contributed by atoms with E-state index in [1.54, 1.807) is 36.5 Å². The van der Waals surface area contributed by atoms with Crippen molar-refractivity contribution in [1.29, 1.82) is 0 Å². The number of nitrogens with one attached hydrogen (secondary N) is 2. The Balaban J connectivity index is 1.46. The van der Waals surface area contributed by atoms with Gasteiger partial charge in [-0.1, -0.05) is 11.6 Å². The predicted molar refractivity (Wildman–Crippen MR) is 130 cm³/mol. The minimum Gasteiger partial charge on any atom is -0.443 e. The Labute approximate surface area is 208 Å². The number of benzene rings is 3. The maximum atomic E-state index is 13.9. The summed E-state index contributed by atoms with van der Waals surface area (Å²) in [7, 11) is 0. The number of aromatic amines is 1. The molecule has 182 valence electrons. The van der Waals surface area contributed by atoms with Crippen LogP contribution in [0.1, 0.15) is 22.9 Å². The van der Waals surface area contributed by atoms with Gasteiger partial charge in [-0.25, -0.2) is 18.2 Å². The first-order valence-corrected chi connectivity index (χ1v) is 11.4. The molecule has 2 heterocycles. The first kappa shape index (κ1) is 23.7. The van der Waals surface area contributed by atoms with Crippen LogP contribution < -0.4 is 5.32 Å². The van der Waals surface area contributed by atoms with Crippen molar-refractivity contribution in [3.05, 3.63) is 113 Å². The molecule has 0 bridgehead atoms. The van der Waals surface area contributed by atoms with Crippen LogP contribution in [-0.2, 0) is 17.6 Å². The number of aromatic nitrogens is 2. The second kappa shape index (κ2) is 9.91. The van der Waals surface area contributed by atoms with Gasteiger partial charge in [0, 0.05) is 33.8 Å². The normalized spacial score (nSPS) is 12.1. The summed E-state index contributed by atoms with van der Waals surface area (Å²) in [5, 5.41) is 4.04. The zero-order valence-electron chi connectivity index (χ0n) is 18.7. The van der Waals surface area contributed by atoms with Crippen molar-refractivity contribution in [2.24, 2.45) is 0 Å². The summed E-state index contributed by atoms with van der Waals surface area (Å²) in [6.07, 6.45) is 2.89. The first-order chi connectivity index (χ1) is 17.4. The molecule has 2 N–H and O–H groups in total. The lowest BCUT2D eigenvalue weighted by atomic mass is 9.99. The van der Waals surface area contributed by atoms with Gasteiger partial charge >= 0.3 is 0 Å². The fourth-order valence-electron chi connectivity index (χ4n) is 4.22. The average Bonchev–Trinajstić information content (AvgIpc) is 3.46. The van der Waals surface area contributed by atoms with E-state index in [9.17, 15) is 18.0 Å². The molecule has 0 aliphatic rings. The van der Waals surface area contributed by atoms with Gasteiger partial charge in [-0.3, -0.25) is 4.79 Å². The number of hydrogen-bond acceptors (Lipinski definition) is 3. The molecule has 3 aromatic carbocycles.